The van der Waals surface area contributed by atoms with Crippen LogP contribution in [0.1, 0.15) is 25.2 Å². The number of aromatic nitrogens is 1. The lowest BCUT2D eigenvalue weighted by Gasteiger charge is -2.19. The molecule has 0 aliphatic carbocycles. The standard InChI is InChI=1S/C9H9BrF3NO/c1-8(2,15)7-5(10)3-4-6(14-7)9(11,12)13/h3-4,15H,1-2H3. The Balaban J connectivity index is 3.30. The molecule has 0 radical (unpaired) electrons. The van der Waals surface area contributed by atoms with Crippen molar-refractivity contribution in [1.29, 1.82) is 0 Å². The Hall–Kier alpha value is -0.620. The summed E-state index contributed by atoms with van der Waals surface area (Å²) in [5.41, 5.74) is -2.46. The molecule has 1 heterocycles. The number of pyridine rings is 1. The average molecular weight is 284 g/mol. The van der Waals surface area contributed by atoms with Crippen LogP contribution in [-0.2, 0) is 11.8 Å². The summed E-state index contributed by atoms with van der Waals surface area (Å²) in [6.07, 6.45) is -4.50. The van der Waals surface area contributed by atoms with Gasteiger partial charge in [0.05, 0.1) is 5.69 Å². The van der Waals surface area contributed by atoms with Crippen molar-refractivity contribution in [3.63, 3.8) is 0 Å². The summed E-state index contributed by atoms with van der Waals surface area (Å²) in [4.78, 5) is 3.39. The third-order valence-electron chi connectivity index (χ3n) is 1.72. The van der Waals surface area contributed by atoms with Crippen molar-refractivity contribution in [3.05, 3.63) is 28.0 Å². The molecule has 0 spiro atoms. The number of alkyl halides is 3. The van der Waals surface area contributed by atoms with E-state index in [0.717, 1.165) is 6.07 Å². The minimum Gasteiger partial charge on any atom is -0.384 e. The fourth-order valence-corrected chi connectivity index (χ4v) is 1.74. The lowest BCUT2D eigenvalue weighted by molar-refractivity contribution is -0.141. The van der Waals surface area contributed by atoms with Gasteiger partial charge in [-0.15, -0.1) is 0 Å². The van der Waals surface area contributed by atoms with Gasteiger partial charge in [0.1, 0.15) is 11.3 Å². The van der Waals surface area contributed by atoms with Crippen LogP contribution in [-0.4, -0.2) is 10.1 Å². The van der Waals surface area contributed by atoms with E-state index in [2.05, 4.69) is 20.9 Å². The molecule has 1 N–H and O–H groups in total. The average Bonchev–Trinajstić information content (AvgIpc) is 2.00. The molecule has 0 unspecified atom stereocenters. The van der Waals surface area contributed by atoms with E-state index in [-0.39, 0.29) is 5.69 Å². The molecular weight excluding hydrogens is 275 g/mol. The maximum absolute atomic E-state index is 12.3. The Bertz CT molecular complexity index is 371. The molecule has 15 heavy (non-hydrogen) atoms. The van der Waals surface area contributed by atoms with Gasteiger partial charge in [0.15, 0.2) is 0 Å². The van der Waals surface area contributed by atoms with Gasteiger partial charge in [-0.25, -0.2) is 4.98 Å². The molecule has 0 aliphatic rings. The van der Waals surface area contributed by atoms with Crippen molar-refractivity contribution in [1.82, 2.24) is 4.98 Å². The van der Waals surface area contributed by atoms with E-state index in [4.69, 9.17) is 0 Å². The summed E-state index contributed by atoms with van der Waals surface area (Å²) in [6.45, 7) is 2.75. The van der Waals surface area contributed by atoms with Crippen molar-refractivity contribution in [2.24, 2.45) is 0 Å². The molecule has 1 aromatic heterocycles. The van der Waals surface area contributed by atoms with Crippen molar-refractivity contribution in [2.45, 2.75) is 25.6 Å². The topological polar surface area (TPSA) is 33.1 Å². The summed E-state index contributed by atoms with van der Waals surface area (Å²) in [7, 11) is 0. The van der Waals surface area contributed by atoms with Gasteiger partial charge in [0.2, 0.25) is 0 Å². The minimum absolute atomic E-state index is 0.0303. The van der Waals surface area contributed by atoms with Crippen LogP contribution in [0.3, 0.4) is 0 Å². The van der Waals surface area contributed by atoms with Gasteiger partial charge in [-0.3, -0.25) is 0 Å². The van der Waals surface area contributed by atoms with E-state index in [9.17, 15) is 18.3 Å². The fourth-order valence-electron chi connectivity index (χ4n) is 1.03. The second kappa shape index (κ2) is 3.75. The van der Waals surface area contributed by atoms with Crippen molar-refractivity contribution in [2.75, 3.05) is 0 Å². The third-order valence-corrected chi connectivity index (χ3v) is 2.36. The third kappa shape index (κ3) is 2.92. The minimum atomic E-state index is -4.50. The molecule has 0 amide bonds. The Morgan fingerprint density at radius 1 is 1.27 bits per heavy atom. The van der Waals surface area contributed by atoms with E-state index in [0.29, 0.717) is 4.47 Å². The second-order valence-electron chi connectivity index (χ2n) is 3.58. The van der Waals surface area contributed by atoms with E-state index in [1.807, 2.05) is 0 Å². The van der Waals surface area contributed by atoms with Gasteiger partial charge in [-0.2, -0.15) is 13.2 Å². The highest BCUT2D eigenvalue weighted by atomic mass is 79.9. The Morgan fingerprint density at radius 2 is 1.80 bits per heavy atom. The van der Waals surface area contributed by atoms with Gasteiger partial charge in [-0.1, -0.05) is 0 Å². The monoisotopic (exact) mass is 283 g/mol. The van der Waals surface area contributed by atoms with Crippen LogP contribution in [0.25, 0.3) is 0 Å². The maximum atomic E-state index is 12.3. The first kappa shape index (κ1) is 12.4. The van der Waals surface area contributed by atoms with Gasteiger partial charge >= 0.3 is 6.18 Å². The molecule has 84 valence electrons. The summed E-state index contributed by atoms with van der Waals surface area (Å²) in [6, 6.07) is 2.09. The molecule has 0 aliphatic heterocycles. The Labute approximate surface area is 93.3 Å². The first-order chi connectivity index (χ1) is 6.62. The van der Waals surface area contributed by atoms with Crippen LogP contribution in [0.5, 0.6) is 0 Å². The van der Waals surface area contributed by atoms with Crippen LogP contribution >= 0.6 is 15.9 Å². The fraction of sp³-hybridized carbons (Fsp3) is 0.444. The molecule has 1 rings (SSSR count). The summed E-state index contributed by atoms with van der Waals surface area (Å²) in [5, 5.41) is 9.60. The van der Waals surface area contributed by atoms with E-state index in [1.165, 1.54) is 19.9 Å². The first-order valence-electron chi connectivity index (χ1n) is 4.09. The quantitative estimate of drug-likeness (QED) is 0.859. The van der Waals surface area contributed by atoms with Crippen LogP contribution in [0.2, 0.25) is 0 Å². The van der Waals surface area contributed by atoms with Crippen LogP contribution < -0.4 is 0 Å². The number of hydrogen-bond acceptors (Lipinski definition) is 2. The number of hydrogen-bond donors (Lipinski definition) is 1. The van der Waals surface area contributed by atoms with Gasteiger partial charge in [-0.05, 0) is 41.9 Å². The number of halogens is 4. The van der Waals surface area contributed by atoms with Crippen molar-refractivity contribution < 1.29 is 18.3 Å². The molecule has 0 fully saturated rings. The number of nitrogens with zero attached hydrogens (tertiary/aromatic N) is 1. The van der Waals surface area contributed by atoms with E-state index >= 15 is 0 Å². The number of aliphatic hydroxyl groups is 1. The molecule has 0 saturated heterocycles. The van der Waals surface area contributed by atoms with Crippen molar-refractivity contribution in [3.8, 4) is 0 Å². The first-order valence-corrected chi connectivity index (χ1v) is 4.88. The lowest BCUT2D eigenvalue weighted by Crippen LogP contribution is -2.21. The zero-order valence-electron chi connectivity index (χ0n) is 8.06. The van der Waals surface area contributed by atoms with Gasteiger partial charge < -0.3 is 5.11 Å². The molecule has 0 saturated carbocycles. The molecule has 2 nitrogen and oxygen atoms in total. The Kier molecular flexibility index (Phi) is 3.11. The SMILES string of the molecule is CC(C)(O)c1nc(C(F)(F)F)ccc1Br. The van der Waals surface area contributed by atoms with Crippen LogP contribution in [0.4, 0.5) is 13.2 Å². The zero-order chi connectivity index (χ0) is 11.9. The summed E-state index contributed by atoms with van der Waals surface area (Å²) >= 11 is 3.04. The summed E-state index contributed by atoms with van der Waals surface area (Å²) < 4.78 is 37.3. The predicted octanol–water partition coefficient (Wildman–Crippen LogP) is 3.09. The van der Waals surface area contributed by atoms with Crippen LogP contribution in [0, 0.1) is 0 Å². The second-order valence-corrected chi connectivity index (χ2v) is 4.44. The lowest BCUT2D eigenvalue weighted by atomic mass is 10.0. The van der Waals surface area contributed by atoms with Gasteiger partial charge in [0.25, 0.3) is 0 Å². The van der Waals surface area contributed by atoms with Crippen LogP contribution in [0.15, 0.2) is 16.6 Å². The van der Waals surface area contributed by atoms with E-state index < -0.39 is 17.5 Å². The normalized spacial score (nSPS) is 13.0. The molecule has 0 bridgehead atoms. The molecule has 1 aromatic rings. The predicted molar refractivity (Wildman–Crippen MR) is 52.2 cm³/mol. The zero-order valence-corrected chi connectivity index (χ0v) is 9.65. The van der Waals surface area contributed by atoms with Crippen molar-refractivity contribution >= 4 is 15.9 Å². The largest absolute Gasteiger partial charge is 0.433 e. The Morgan fingerprint density at radius 3 is 2.20 bits per heavy atom. The highest BCUT2D eigenvalue weighted by Gasteiger charge is 2.34. The van der Waals surface area contributed by atoms with Gasteiger partial charge in [0, 0.05) is 4.47 Å². The maximum Gasteiger partial charge on any atom is 0.433 e. The smallest absolute Gasteiger partial charge is 0.384 e. The molecular formula is C9H9BrF3NO. The summed E-state index contributed by atoms with van der Waals surface area (Å²) in [5.74, 6) is 0. The molecule has 0 atom stereocenters. The highest BCUT2D eigenvalue weighted by molar-refractivity contribution is 9.10. The highest BCUT2D eigenvalue weighted by Crippen LogP contribution is 2.32. The molecule has 6 heteroatoms. The number of rotatable bonds is 1. The molecule has 0 aromatic carbocycles. The van der Waals surface area contributed by atoms with E-state index in [1.54, 1.807) is 0 Å².